The van der Waals surface area contributed by atoms with Gasteiger partial charge in [0.25, 0.3) is 5.91 Å². The van der Waals surface area contributed by atoms with Crippen LogP contribution in [0.3, 0.4) is 0 Å². The molecule has 0 unspecified atom stereocenters. The van der Waals surface area contributed by atoms with Crippen LogP contribution in [0.25, 0.3) is 11.0 Å². The fourth-order valence-corrected chi connectivity index (χ4v) is 2.45. The number of carbonyl (C=O) groups is 2. The van der Waals surface area contributed by atoms with Crippen LogP contribution in [0.5, 0.6) is 0 Å². The number of rotatable bonds is 3. The van der Waals surface area contributed by atoms with Crippen molar-refractivity contribution in [1.82, 2.24) is 9.97 Å². The highest BCUT2D eigenvalue weighted by atomic mass is 16.2. The molecule has 2 aromatic carbocycles. The minimum absolute atomic E-state index is 0.165. The van der Waals surface area contributed by atoms with Crippen LogP contribution in [0.1, 0.15) is 28.7 Å². The summed E-state index contributed by atoms with van der Waals surface area (Å²) in [7, 11) is 0. The van der Waals surface area contributed by atoms with Crippen molar-refractivity contribution in [3.63, 3.8) is 0 Å². The maximum atomic E-state index is 12.5. The van der Waals surface area contributed by atoms with Gasteiger partial charge in [-0.1, -0.05) is 6.07 Å². The quantitative estimate of drug-likeness (QED) is 0.768. The molecule has 6 nitrogen and oxygen atoms in total. The summed E-state index contributed by atoms with van der Waals surface area (Å²) in [5.41, 5.74) is 4.88. The summed E-state index contributed by atoms with van der Waals surface area (Å²) in [6, 6.07) is 12.2. The lowest BCUT2D eigenvalue weighted by molar-refractivity contribution is -0.114. The summed E-state index contributed by atoms with van der Waals surface area (Å²) < 4.78 is 0. The summed E-state index contributed by atoms with van der Waals surface area (Å²) in [5, 5.41) is 5.51. The van der Waals surface area contributed by atoms with E-state index >= 15 is 0 Å². The Kier molecular flexibility index (Phi) is 4.43. The Morgan fingerprint density at radius 2 is 1.48 bits per heavy atom. The summed E-state index contributed by atoms with van der Waals surface area (Å²) in [6.45, 7) is 5.23. The number of anilines is 2. The molecule has 0 radical (unpaired) electrons. The van der Waals surface area contributed by atoms with Gasteiger partial charge >= 0.3 is 0 Å². The first-order valence-corrected chi connectivity index (χ1v) is 7.86. The van der Waals surface area contributed by atoms with Crippen molar-refractivity contribution in [1.29, 1.82) is 0 Å². The summed E-state index contributed by atoms with van der Waals surface area (Å²) >= 11 is 0. The molecule has 0 aliphatic carbocycles. The highest BCUT2D eigenvalue weighted by Gasteiger charge is 2.10. The zero-order valence-corrected chi connectivity index (χ0v) is 14.3. The number of hydrogen-bond acceptors (Lipinski definition) is 4. The molecule has 0 spiro atoms. The Morgan fingerprint density at radius 1 is 0.840 bits per heavy atom. The molecule has 0 atom stereocenters. The topological polar surface area (TPSA) is 84.0 Å². The standard InChI is InChI=1S/C19H18N4O2/c1-11-12(2)21-18-9-14(7-8-17(18)20-11)19(25)23-16-6-4-5-15(10-16)22-13(3)24/h4-10H,1-3H3,(H,22,24)(H,23,25). The van der Waals surface area contributed by atoms with Gasteiger partial charge in [0.05, 0.1) is 22.4 Å². The van der Waals surface area contributed by atoms with E-state index in [2.05, 4.69) is 20.6 Å². The van der Waals surface area contributed by atoms with E-state index in [0.717, 1.165) is 16.9 Å². The van der Waals surface area contributed by atoms with Crippen molar-refractivity contribution in [2.45, 2.75) is 20.8 Å². The summed E-state index contributed by atoms with van der Waals surface area (Å²) in [6.07, 6.45) is 0. The highest BCUT2D eigenvalue weighted by Crippen LogP contribution is 2.18. The van der Waals surface area contributed by atoms with Crippen molar-refractivity contribution in [2.75, 3.05) is 10.6 Å². The molecular weight excluding hydrogens is 316 g/mol. The molecule has 0 bridgehead atoms. The van der Waals surface area contributed by atoms with Crippen LogP contribution in [0.4, 0.5) is 11.4 Å². The van der Waals surface area contributed by atoms with Crippen LogP contribution >= 0.6 is 0 Å². The number of benzene rings is 2. The van der Waals surface area contributed by atoms with Crippen LogP contribution in [0.2, 0.25) is 0 Å². The Morgan fingerprint density at radius 3 is 2.16 bits per heavy atom. The van der Waals surface area contributed by atoms with Gasteiger partial charge in [-0.3, -0.25) is 9.59 Å². The normalized spacial score (nSPS) is 10.5. The van der Waals surface area contributed by atoms with Crippen LogP contribution in [0, 0.1) is 13.8 Å². The minimum atomic E-state index is -0.248. The third-order valence-corrected chi connectivity index (χ3v) is 3.78. The molecule has 0 saturated heterocycles. The van der Waals surface area contributed by atoms with E-state index < -0.39 is 0 Å². The first kappa shape index (κ1) is 16.6. The number of carbonyl (C=O) groups excluding carboxylic acids is 2. The van der Waals surface area contributed by atoms with Gasteiger partial charge in [0.1, 0.15) is 0 Å². The number of amides is 2. The number of aromatic nitrogens is 2. The largest absolute Gasteiger partial charge is 0.326 e. The average molecular weight is 334 g/mol. The van der Waals surface area contributed by atoms with E-state index in [9.17, 15) is 9.59 Å². The van der Waals surface area contributed by atoms with Crippen molar-refractivity contribution in [3.05, 3.63) is 59.4 Å². The fraction of sp³-hybridized carbons (Fsp3) is 0.158. The van der Waals surface area contributed by atoms with E-state index in [0.29, 0.717) is 22.5 Å². The lowest BCUT2D eigenvalue weighted by atomic mass is 10.1. The second-order valence-electron chi connectivity index (χ2n) is 5.81. The Bertz CT molecular complexity index is 982. The zero-order valence-electron chi connectivity index (χ0n) is 14.3. The lowest BCUT2D eigenvalue weighted by Crippen LogP contribution is -2.12. The molecule has 6 heteroatoms. The van der Waals surface area contributed by atoms with E-state index in [1.54, 1.807) is 42.5 Å². The minimum Gasteiger partial charge on any atom is -0.326 e. The van der Waals surface area contributed by atoms with Gasteiger partial charge in [0.15, 0.2) is 0 Å². The van der Waals surface area contributed by atoms with E-state index in [1.165, 1.54) is 6.92 Å². The monoisotopic (exact) mass is 334 g/mol. The number of nitrogens with zero attached hydrogens (tertiary/aromatic N) is 2. The van der Waals surface area contributed by atoms with E-state index in [-0.39, 0.29) is 11.8 Å². The molecule has 1 aromatic heterocycles. The smallest absolute Gasteiger partial charge is 0.255 e. The number of nitrogens with one attached hydrogen (secondary N) is 2. The highest BCUT2D eigenvalue weighted by molar-refractivity contribution is 6.06. The average Bonchev–Trinajstić information content (AvgIpc) is 2.55. The van der Waals surface area contributed by atoms with E-state index in [4.69, 9.17) is 0 Å². The second kappa shape index (κ2) is 6.68. The third-order valence-electron chi connectivity index (χ3n) is 3.78. The molecule has 1 heterocycles. The predicted octanol–water partition coefficient (Wildman–Crippen LogP) is 3.46. The summed E-state index contributed by atoms with van der Waals surface area (Å²) in [5.74, 6) is -0.413. The zero-order chi connectivity index (χ0) is 18.0. The SMILES string of the molecule is CC(=O)Nc1cccc(NC(=O)c2ccc3nc(C)c(C)nc3c2)c1. The van der Waals surface area contributed by atoms with Crippen LogP contribution < -0.4 is 10.6 Å². The Labute approximate surface area is 145 Å². The van der Waals surface area contributed by atoms with Crippen LogP contribution in [0.15, 0.2) is 42.5 Å². The molecule has 0 saturated carbocycles. The molecule has 126 valence electrons. The van der Waals surface area contributed by atoms with Gasteiger partial charge in [0, 0.05) is 23.9 Å². The molecule has 0 aliphatic rings. The predicted molar refractivity (Wildman–Crippen MR) is 97.7 cm³/mol. The maximum absolute atomic E-state index is 12.5. The fourth-order valence-electron chi connectivity index (χ4n) is 2.45. The van der Waals surface area contributed by atoms with Gasteiger partial charge in [-0.25, -0.2) is 9.97 Å². The molecule has 3 rings (SSSR count). The van der Waals surface area contributed by atoms with Crippen molar-refractivity contribution >= 4 is 34.2 Å². The molecule has 0 aliphatic heterocycles. The van der Waals surface area contributed by atoms with Crippen molar-refractivity contribution < 1.29 is 9.59 Å². The first-order chi connectivity index (χ1) is 11.9. The van der Waals surface area contributed by atoms with Gasteiger partial charge in [0.2, 0.25) is 5.91 Å². The van der Waals surface area contributed by atoms with Gasteiger partial charge < -0.3 is 10.6 Å². The number of hydrogen-bond donors (Lipinski definition) is 2. The van der Waals surface area contributed by atoms with Crippen LogP contribution in [-0.4, -0.2) is 21.8 Å². The lowest BCUT2D eigenvalue weighted by Gasteiger charge is -2.09. The third kappa shape index (κ3) is 3.80. The van der Waals surface area contributed by atoms with Gasteiger partial charge in [-0.15, -0.1) is 0 Å². The second-order valence-corrected chi connectivity index (χ2v) is 5.81. The van der Waals surface area contributed by atoms with Crippen molar-refractivity contribution in [3.8, 4) is 0 Å². The molecule has 2 amide bonds. The first-order valence-electron chi connectivity index (χ1n) is 7.86. The number of fused-ring (bicyclic) bond motifs is 1. The van der Waals surface area contributed by atoms with Crippen LogP contribution in [-0.2, 0) is 4.79 Å². The van der Waals surface area contributed by atoms with E-state index in [1.807, 2.05) is 13.8 Å². The number of aryl methyl sites for hydroxylation is 2. The Balaban J connectivity index is 1.85. The van der Waals surface area contributed by atoms with Gasteiger partial charge in [-0.05, 0) is 50.2 Å². The Hall–Kier alpha value is -3.28. The molecule has 25 heavy (non-hydrogen) atoms. The molecular formula is C19H18N4O2. The summed E-state index contributed by atoms with van der Waals surface area (Å²) in [4.78, 5) is 32.6. The maximum Gasteiger partial charge on any atom is 0.255 e. The molecule has 2 N–H and O–H groups in total. The van der Waals surface area contributed by atoms with Gasteiger partial charge in [-0.2, -0.15) is 0 Å². The molecule has 0 fully saturated rings. The van der Waals surface area contributed by atoms with Crippen molar-refractivity contribution in [2.24, 2.45) is 0 Å². The molecule has 3 aromatic rings.